The molecule has 0 radical (unpaired) electrons. The Hall–Kier alpha value is -1.51. The van der Waals surface area contributed by atoms with Gasteiger partial charge in [0, 0.05) is 25.7 Å². The first-order valence-corrected chi connectivity index (χ1v) is 7.34. The Labute approximate surface area is 120 Å². The van der Waals surface area contributed by atoms with Crippen LogP contribution >= 0.6 is 0 Å². The minimum absolute atomic E-state index is 0.00462. The highest BCUT2D eigenvalue weighted by atomic mass is 16.5. The van der Waals surface area contributed by atoms with Crippen LogP contribution in [-0.4, -0.2) is 12.1 Å². The van der Waals surface area contributed by atoms with Crippen LogP contribution in [0.1, 0.15) is 44.1 Å². The van der Waals surface area contributed by atoms with E-state index in [1.54, 1.807) is 0 Å². The van der Waals surface area contributed by atoms with Crippen LogP contribution in [0, 0.1) is 18.3 Å². The van der Waals surface area contributed by atoms with E-state index in [2.05, 4.69) is 26.8 Å². The Balaban J connectivity index is 1.96. The topological polar surface area (TPSA) is 39.4 Å². The van der Waals surface area contributed by atoms with E-state index in [1.807, 2.05) is 6.26 Å². The molecule has 0 aliphatic heterocycles. The highest BCUT2D eigenvalue weighted by molar-refractivity contribution is 5.66. The van der Waals surface area contributed by atoms with E-state index in [0.29, 0.717) is 5.92 Å². The average molecular weight is 274 g/mol. The number of carbonyl (C=O) groups is 1. The molecule has 0 aromatic carbocycles. The van der Waals surface area contributed by atoms with Gasteiger partial charge in [-0.15, -0.1) is 0 Å². The first kappa shape index (κ1) is 13.5. The second kappa shape index (κ2) is 4.51. The molecule has 0 saturated carbocycles. The zero-order chi connectivity index (χ0) is 14.5. The summed E-state index contributed by atoms with van der Waals surface area (Å²) in [5.41, 5.74) is 4.09. The lowest BCUT2D eigenvalue weighted by Gasteiger charge is -2.46. The zero-order valence-electron chi connectivity index (χ0n) is 12.7. The Morgan fingerprint density at radius 3 is 2.95 bits per heavy atom. The third-order valence-electron chi connectivity index (χ3n) is 5.30. The van der Waals surface area contributed by atoms with Crippen molar-refractivity contribution >= 4 is 5.97 Å². The van der Waals surface area contributed by atoms with Crippen LogP contribution in [0.4, 0.5) is 0 Å². The van der Waals surface area contributed by atoms with Crippen LogP contribution in [0.5, 0.6) is 0 Å². The van der Waals surface area contributed by atoms with Crippen LogP contribution in [0.15, 0.2) is 22.3 Å². The summed E-state index contributed by atoms with van der Waals surface area (Å²) in [5.74, 6) is 1.26. The molecular formula is C17H22O3. The van der Waals surface area contributed by atoms with Gasteiger partial charge in [-0.05, 0) is 29.9 Å². The number of aryl methyl sites for hydroxylation is 1. The maximum atomic E-state index is 11.3. The first-order valence-electron chi connectivity index (χ1n) is 7.34. The van der Waals surface area contributed by atoms with Crippen LogP contribution < -0.4 is 0 Å². The molecule has 1 heterocycles. The fraction of sp³-hybridized carbons (Fsp3) is 0.588. The molecule has 0 bridgehead atoms. The maximum Gasteiger partial charge on any atom is 0.302 e. The van der Waals surface area contributed by atoms with E-state index in [1.165, 1.54) is 23.6 Å². The predicted octanol–water partition coefficient (Wildman–Crippen LogP) is 3.59. The van der Waals surface area contributed by atoms with Crippen LogP contribution in [0.25, 0.3) is 0 Å². The summed E-state index contributed by atoms with van der Waals surface area (Å²) in [6, 6.07) is 0. The van der Waals surface area contributed by atoms with Gasteiger partial charge < -0.3 is 9.15 Å². The second-order valence-corrected chi connectivity index (χ2v) is 6.49. The highest BCUT2D eigenvalue weighted by Crippen LogP contribution is 2.50. The summed E-state index contributed by atoms with van der Waals surface area (Å²) in [6.45, 7) is 8.11. The molecule has 0 N–H and O–H groups in total. The van der Waals surface area contributed by atoms with E-state index < -0.39 is 0 Å². The summed E-state index contributed by atoms with van der Waals surface area (Å²) in [4.78, 5) is 11.3. The van der Waals surface area contributed by atoms with Crippen molar-refractivity contribution in [1.82, 2.24) is 0 Å². The van der Waals surface area contributed by atoms with Crippen molar-refractivity contribution < 1.29 is 13.9 Å². The molecule has 3 nitrogen and oxygen atoms in total. The lowest BCUT2D eigenvalue weighted by molar-refractivity contribution is -0.151. The van der Waals surface area contributed by atoms with Gasteiger partial charge in [-0.2, -0.15) is 0 Å². The van der Waals surface area contributed by atoms with E-state index >= 15 is 0 Å². The number of allylic oxidation sites excluding steroid dienone is 1. The highest BCUT2D eigenvalue weighted by Gasteiger charge is 2.46. The minimum Gasteiger partial charge on any atom is -0.468 e. The molecule has 0 amide bonds. The summed E-state index contributed by atoms with van der Waals surface area (Å²) < 4.78 is 11.2. The van der Waals surface area contributed by atoms with Crippen molar-refractivity contribution in [3.63, 3.8) is 0 Å². The standard InChI is InChI=1S/C17H22O3/c1-10-9-19-16-7-13-5-6-15(20-12(3)18)11(2)17(13,4)8-14(10)16/h5,9,11,15H,6-8H2,1-4H3. The van der Waals surface area contributed by atoms with Gasteiger partial charge in [0.2, 0.25) is 0 Å². The molecule has 1 aromatic heterocycles. The minimum atomic E-state index is -0.182. The van der Waals surface area contributed by atoms with Gasteiger partial charge in [0.1, 0.15) is 11.9 Å². The lowest BCUT2D eigenvalue weighted by Crippen LogP contribution is -2.44. The predicted molar refractivity (Wildman–Crippen MR) is 76.4 cm³/mol. The zero-order valence-corrected chi connectivity index (χ0v) is 12.7. The number of rotatable bonds is 1. The van der Waals surface area contributed by atoms with Crippen molar-refractivity contribution in [3.05, 3.63) is 34.8 Å². The Morgan fingerprint density at radius 2 is 2.25 bits per heavy atom. The lowest BCUT2D eigenvalue weighted by atomic mass is 9.59. The van der Waals surface area contributed by atoms with Crippen molar-refractivity contribution in [2.45, 2.75) is 53.1 Å². The Kier molecular flexibility index (Phi) is 3.03. The van der Waals surface area contributed by atoms with E-state index in [-0.39, 0.29) is 17.5 Å². The largest absolute Gasteiger partial charge is 0.468 e. The van der Waals surface area contributed by atoms with Gasteiger partial charge in [-0.25, -0.2) is 0 Å². The number of furan rings is 1. The van der Waals surface area contributed by atoms with Gasteiger partial charge in [0.15, 0.2) is 0 Å². The summed E-state index contributed by atoms with van der Waals surface area (Å²) >= 11 is 0. The average Bonchev–Trinajstić information content (AvgIpc) is 2.73. The molecule has 20 heavy (non-hydrogen) atoms. The molecular weight excluding hydrogens is 252 g/mol. The number of esters is 1. The van der Waals surface area contributed by atoms with Gasteiger partial charge >= 0.3 is 5.97 Å². The normalized spacial score (nSPS) is 32.1. The van der Waals surface area contributed by atoms with Gasteiger partial charge in [-0.1, -0.05) is 25.5 Å². The molecule has 0 saturated heterocycles. The van der Waals surface area contributed by atoms with Crippen molar-refractivity contribution in [2.75, 3.05) is 0 Å². The molecule has 3 unspecified atom stereocenters. The van der Waals surface area contributed by atoms with Crippen molar-refractivity contribution in [2.24, 2.45) is 11.3 Å². The van der Waals surface area contributed by atoms with Crippen molar-refractivity contribution in [3.8, 4) is 0 Å². The molecule has 3 rings (SSSR count). The van der Waals surface area contributed by atoms with Crippen LogP contribution in [0.2, 0.25) is 0 Å². The summed E-state index contributed by atoms with van der Waals surface area (Å²) in [6.07, 6.45) is 6.82. The van der Waals surface area contributed by atoms with Crippen LogP contribution in [0.3, 0.4) is 0 Å². The number of hydrogen-bond acceptors (Lipinski definition) is 3. The number of carbonyl (C=O) groups excluding carboxylic acids is 1. The third-order valence-corrected chi connectivity index (χ3v) is 5.30. The third kappa shape index (κ3) is 1.91. The molecule has 3 heteroatoms. The quantitative estimate of drug-likeness (QED) is 0.580. The monoisotopic (exact) mass is 274 g/mol. The summed E-state index contributed by atoms with van der Waals surface area (Å²) in [5, 5.41) is 0. The van der Waals surface area contributed by atoms with E-state index in [0.717, 1.165) is 25.0 Å². The first-order chi connectivity index (χ1) is 9.41. The smallest absolute Gasteiger partial charge is 0.302 e. The van der Waals surface area contributed by atoms with Crippen molar-refractivity contribution in [1.29, 1.82) is 0 Å². The van der Waals surface area contributed by atoms with Gasteiger partial charge in [0.05, 0.1) is 6.26 Å². The van der Waals surface area contributed by atoms with Crippen LogP contribution in [-0.2, 0) is 22.4 Å². The molecule has 0 fully saturated rings. The Bertz CT molecular complexity index is 581. The molecule has 3 atom stereocenters. The molecule has 0 spiro atoms. The number of ether oxygens (including phenoxy) is 1. The SMILES string of the molecule is CC(=O)OC1CC=C2Cc3occ(C)c3CC2(C)C1C. The molecule has 2 aliphatic rings. The molecule has 108 valence electrons. The Morgan fingerprint density at radius 1 is 1.50 bits per heavy atom. The summed E-state index contributed by atoms with van der Waals surface area (Å²) in [7, 11) is 0. The molecule has 2 aliphatic carbocycles. The fourth-order valence-electron chi connectivity index (χ4n) is 3.76. The van der Waals surface area contributed by atoms with Gasteiger partial charge in [-0.3, -0.25) is 4.79 Å². The van der Waals surface area contributed by atoms with Gasteiger partial charge in [0.25, 0.3) is 0 Å². The number of fused-ring (bicyclic) bond motifs is 2. The molecule has 1 aromatic rings. The van der Waals surface area contributed by atoms with E-state index in [9.17, 15) is 4.79 Å². The van der Waals surface area contributed by atoms with E-state index in [4.69, 9.17) is 9.15 Å². The maximum absolute atomic E-state index is 11.3. The second-order valence-electron chi connectivity index (χ2n) is 6.49. The fourth-order valence-corrected chi connectivity index (χ4v) is 3.76. The number of hydrogen-bond donors (Lipinski definition) is 0.